The number of carbonyl (C=O) groups is 1. The van der Waals surface area contributed by atoms with Gasteiger partial charge in [-0.1, -0.05) is 45.9 Å². The molecule has 0 radical (unpaired) electrons. The fraction of sp³-hybridized carbons (Fsp3) is 0.682. The van der Waals surface area contributed by atoms with Crippen LogP contribution >= 0.6 is 12.4 Å². The molecule has 1 aromatic rings. The number of nitrogens with one attached hydrogen (secondary N) is 2. The Morgan fingerprint density at radius 1 is 1.11 bits per heavy atom. The quantitative estimate of drug-likeness (QED) is 0.675. The van der Waals surface area contributed by atoms with E-state index in [4.69, 9.17) is 0 Å². The lowest BCUT2D eigenvalue weighted by Crippen LogP contribution is -2.39. The van der Waals surface area contributed by atoms with Gasteiger partial charge in [0, 0.05) is 5.69 Å². The Balaban J connectivity index is 0.00000364. The van der Waals surface area contributed by atoms with Crippen LogP contribution < -0.4 is 10.6 Å². The minimum atomic E-state index is 0. The van der Waals surface area contributed by atoms with Crippen molar-refractivity contribution in [1.29, 1.82) is 0 Å². The first-order chi connectivity index (χ1) is 12.4. The zero-order valence-corrected chi connectivity index (χ0v) is 18.5. The largest absolute Gasteiger partial charge is 0.324 e. The maximum absolute atomic E-state index is 12.7. The minimum Gasteiger partial charge on any atom is -0.324 e. The van der Waals surface area contributed by atoms with E-state index >= 15 is 0 Å². The first-order valence-electron chi connectivity index (χ1n) is 10.2. The van der Waals surface area contributed by atoms with Crippen LogP contribution in [0, 0.1) is 5.92 Å². The molecule has 1 amide bonds. The predicted molar refractivity (Wildman–Crippen MR) is 118 cm³/mol. The third kappa shape index (κ3) is 7.10. The number of likely N-dealkylation sites (tertiary alicyclic amines) is 1. The highest BCUT2D eigenvalue weighted by Gasteiger charge is 2.22. The van der Waals surface area contributed by atoms with E-state index in [-0.39, 0.29) is 18.3 Å². The van der Waals surface area contributed by atoms with Crippen LogP contribution in [0.2, 0.25) is 0 Å². The number of halogens is 1. The van der Waals surface area contributed by atoms with E-state index in [0.29, 0.717) is 18.4 Å². The van der Waals surface area contributed by atoms with E-state index in [1.54, 1.807) is 0 Å². The monoisotopic (exact) mass is 395 g/mol. The van der Waals surface area contributed by atoms with Gasteiger partial charge in [0.15, 0.2) is 0 Å². The smallest absolute Gasteiger partial charge is 0.238 e. The highest BCUT2D eigenvalue weighted by atomic mass is 35.5. The van der Waals surface area contributed by atoms with Crippen molar-refractivity contribution in [2.24, 2.45) is 5.92 Å². The van der Waals surface area contributed by atoms with Gasteiger partial charge >= 0.3 is 0 Å². The van der Waals surface area contributed by atoms with Crippen molar-refractivity contribution in [3.05, 3.63) is 29.3 Å². The fourth-order valence-corrected chi connectivity index (χ4v) is 3.86. The number of nitrogens with zero attached hydrogens (tertiary/aromatic N) is 1. The van der Waals surface area contributed by atoms with Crippen molar-refractivity contribution in [3.63, 3.8) is 0 Å². The van der Waals surface area contributed by atoms with Crippen LogP contribution in [0.4, 0.5) is 5.69 Å². The molecule has 1 aliphatic heterocycles. The third-order valence-electron chi connectivity index (χ3n) is 5.51. The summed E-state index contributed by atoms with van der Waals surface area (Å²) in [5.74, 6) is 1.71. The highest BCUT2D eigenvalue weighted by molar-refractivity contribution is 5.94. The van der Waals surface area contributed by atoms with Crippen LogP contribution in [-0.4, -0.2) is 44.0 Å². The lowest BCUT2D eigenvalue weighted by atomic mass is 9.92. The van der Waals surface area contributed by atoms with Crippen molar-refractivity contribution < 1.29 is 4.79 Å². The molecule has 5 heteroatoms. The molecule has 0 unspecified atom stereocenters. The first-order valence-corrected chi connectivity index (χ1v) is 10.2. The van der Waals surface area contributed by atoms with Crippen LogP contribution in [0.1, 0.15) is 69.9 Å². The highest BCUT2D eigenvalue weighted by Crippen LogP contribution is 2.32. The molecule has 2 rings (SSSR count). The van der Waals surface area contributed by atoms with Crippen molar-refractivity contribution >= 4 is 24.0 Å². The molecule has 1 aliphatic rings. The average Bonchev–Trinajstić information content (AvgIpc) is 2.60. The van der Waals surface area contributed by atoms with Gasteiger partial charge in [-0.2, -0.15) is 0 Å². The Morgan fingerprint density at radius 3 is 2.15 bits per heavy atom. The summed E-state index contributed by atoms with van der Waals surface area (Å²) >= 11 is 0. The second-order valence-electron chi connectivity index (χ2n) is 8.28. The average molecular weight is 396 g/mol. The van der Waals surface area contributed by atoms with Gasteiger partial charge in [-0.25, -0.2) is 0 Å². The van der Waals surface area contributed by atoms with Crippen LogP contribution in [0.25, 0.3) is 0 Å². The number of para-hydroxylation sites is 1. The predicted octanol–water partition coefficient (Wildman–Crippen LogP) is 4.62. The summed E-state index contributed by atoms with van der Waals surface area (Å²) in [5.41, 5.74) is 3.50. The maximum Gasteiger partial charge on any atom is 0.238 e. The van der Waals surface area contributed by atoms with Gasteiger partial charge in [0.05, 0.1) is 6.54 Å². The van der Waals surface area contributed by atoms with Gasteiger partial charge in [0.2, 0.25) is 5.91 Å². The molecule has 4 nitrogen and oxygen atoms in total. The van der Waals surface area contributed by atoms with Crippen LogP contribution in [0.5, 0.6) is 0 Å². The van der Waals surface area contributed by atoms with E-state index in [1.807, 2.05) is 7.05 Å². The van der Waals surface area contributed by atoms with Gasteiger partial charge in [-0.05, 0) is 74.8 Å². The number of benzene rings is 1. The molecule has 1 fully saturated rings. The molecule has 0 aromatic heterocycles. The zero-order valence-electron chi connectivity index (χ0n) is 17.7. The molecule has 1 heterocycles. The van der Waals surface area contributed by atoms with Gasteiger partial charge in [-0.15, -0.1) is 12.4 Å². The van der Waals surface area contributed by atoms with E-state index in [0.717, 1.165) is 31.2 Å². The number of hydrogen-bond acceptors (Lipinski definition) is 3. The van der Waals surface area contributed by atoms with Gasteiger partial charge < -0.3 is 10.6 Å². The maximum atomic E-state index is 12.7. The summed E-state index contributed by atoms with van der Waals surface area (Å²) in [4.78, 5) is 15.0. The summed E-state index contributed by atoms with van der Waals surface area (Å²) < 4.78 is 0. The van der Waals surface area contributed by atoms with Gasteiger partial charge in [0.1, 0.15) is 0 Å². The third-order valence-corrected chi connectivity index (χ3v) is 5.51. The second kappa shape index (κ2) is 11.7. The summed E-state index contributed by atoms with van der Waals surface area (Å²) in [6.45, 7) is 12.4. The molecule has 0 spiro atoms. The number of anilines is 1. The number of carbonyl (C=O) groups excluding carboxylic acids is 1. The summed E-state index contributed by atoms with van der Waals surface area (Å²) in [5, 5.41) is 6.48. The Labute approximate surface area is 171 Å². The van der Waals surface area contributed by atoms with Gasteiger partial charge in [-0.3, -0.25) is 9.69 Å². The molecule has 1 saturated heterocycles. The molecular weight excluding hydrogens is 358 g/mol. The van der Waals surface area contributed by atoms with Crippen molar-refractivity contribution in [2.75, 3.05) is 38.5 Å². The molecule has 27 heavy (non-hydrogen) atoms. The van der Waals surface area contributed by atoms with Gasteiger partial charge in [0.25, 0.3) is 0 Å². The lowest BCUT2D eigenvalue weighted by Gasteiger charge is -2.31. The van der Waals surface area contributed by atoms with Crippen LogP contribution in [-0.2, 0) is 4.79 Å². The number of hydrogen-bond donors (Lipinski definition) is 2. The van der Waals surface area contributed by atoms with Crippen molar-refractivity contribution in [3.8, 4) is 0 Å². The zero-order chi connectivity index (χ0) is 19.1. The molecule has 0 aliphatic carbocycles. The Morgan fingerprint density at radius 2 is 1.67 bits per heavy atom. The summed E-state index contributed by atoms with van der Waals surface area (Å²) in [7, 11) is 2.01. The minimum absolute atomic E-state index is 0. The normalized spacial score (nSPS) is 15.8. The molecule has 0 atom stereocenters. The second-order valence-corrected chi connectivity index (χ2v) is 8.28. The Hall–Kier alpha value is -1.10. The first kappa shape index (κ1) is 23.9. The topological polar surface area (TPSA) is 44.4 Å². The lowest BCUT2D eigenvalue weighted by molar-refractivity contribution is -0.117. The molecule has 0 bridgehead atoms. The summed E-state index contributed by atoms with van der Waals surface area (Å²) in [6, 6.07) is 6.38. The van der Waals surface area contributed by atoms with E-state index in [9.17, 15) is 4.79 Å². The van der Waals surface area contributed by atoms with E-state index < -0.39 is 0 Å². The van der Waals surface area contributed by atoms with Crippen LogP contribution in [0.3, 0.4) is 0 Å². The van der Waals surface area contributed by atoms with E-state index in [2.05, 4.69) is 61.4 Å². The number of amides is 1. The number of rotatable bonds is 8. The molecule has 0 saturated carbocycles. The Bertz CT molecular complexity index is 555. The van der Waals surface area contributed by atoms with Crippen molar-refractivity contribution in [1.82, 2.24) is 10.2 Å². The SMILES string of the molecule is CNCCC1CCN(CC(=O)Nc2c(C(C)C)cccc2C(C)C)CC1.Cl. The van der Waals surface area contributed by atoms with E-state index in [1.165, 1.54) is 30.4 Å². The molecule has 2 N–H and O–H groups in total. The molecule has 1 aromatic carbocycles. The molecular formula is C22H38ClN3O. The summed E-state index contributed by atoms with van der Waals surface area (Å²) in [6.07, 6.45) is 3.65. The fourth-order valence-electron chi connectivity index (χ4n) is 3.86. The Kier molecular flexibility index (Phi) is 10.4. The molecule has 154 valence electrons. The van der Waals surface area contributed by atoms with Crippen LogP contribution in [0.15, 0.2) is 18.2 Å². The standard InChI is InChI=1S/C22H37N3O.ClH/c1-16(2)19-7-6-8-20(17(3)4)22(19)24-21(26)15-25-13-10-18(11-14-25)9-12-23-5;/h6-8,16-18,23H,9-15H2,1-5H3,(H,24,26);1H. The number of piperidine rings is 1. The van der Waals surface area contributed by atoms with Crippen molar-refractivity contribution in [2.45, 2.75) is 58.8 Å².